The second-order valence-corrected chi connectivity index (χ2v) is 7.74. The second-order valence-electron chi connectivity index (χ2n) is 7.74. The number of nitrogens with one attached hydrogen (secondary N) is 4. The summed E-state index contributed by atoms with van der Waals surface area (Å²) in [7, 11) is 1.33. The predicted molar refractivity (Wildman–Crippen MR) is 136 cm³/mol. The quantitative estimate of drug-likeness (QED) is 0.134. The van der Waals surface area contributed by atoms with Crippen LogP contribution < -0.4 is 16.0 Å². The van der Waals surface area contributed by atoms with Crippen LogP contribution in [0.4, 0.5) is 11.5 Å². The zero-order valence-corrected chi connectivity index (χ0v) is 20.1. The van der Waals surface area contributed by atoms with Gasteiger partial charge in [0.25, 0.3) is 5.91 Å². The minimum absolute atomic E-state index is 0.0726. The highest BCUT2D eigenvalue weighted by Crippen LogP contribution is 2.15. The van der Waals surface area contributed by atoms with Gasteiger partial charge in [0.2, 0.25) is 12.3 Å². The van der Waals surface area contributed by atoms with E-state index in [0.717, 1.165) is 6.21 Å². The Morgan fingerprint density at radius 3 is 2.50 bits per heavy atom. The van der Waals surface area contributed by atoms with Crippen LogP contribution in [0.1, 0.15) is 19.4 Å². The summed E-state index contributed by atoms with van der Waals surface area (Å²) in [5.41, 5.74) is 6.59. The number of aliphatic hydroxyl groups excluding tert-OH is 1. The molecule has 3 unspecified atom stereocenters. The van der Waals surface area contributed by atoms with E-state index in [0.29, 0.717) is 17.7 Å². The van der Waals surface area contributed by atoms with Crippen molar-refractivity contribution in [2.75, 3.05) is 23.9 Å². The van der Waals surface area contributed by atoms with Gasteiger partial charge < -0.3 is 31.0 Å². The molecule has 0 saturated heterocycles. The first kappa shape index (κ1) is 27.9. The van der Waals surface area contributed by atoms with Gasteiger partial charge in [-0.2, -0.15) is 0 Å². The van der Waals surface area contributed by atoms with Crippen molar-refractivity contribution >= 4 is 47.5 Å². The molecule has 1 heterocycles. The number of aliphatic hydroxyl groups is 1. The molecule has 1 aromatic carbocycles. The van der Waals surface area contributed by atoms with Gasteiger partial charge in [-0.15, -0.1) is 5.10 Å². The Bertz CT molecular complexity index is 1130. The van der Waals surface area contributed by atoms with E-state index in [1.807, 2.05) is 0 Å². The number of ether oxygens (including phenoxy) is 2. The van der Waals surface area contributed by atoms with Crippen LogP contribution in [0.3, 0.4) is 0 Å². The Hall–Kier alpha value is -4.36. The predicted octanol–water partition coefficient (Wildman–Crippen LogP) is 1.04. The third-order valence-electron chi connectivity index (χ3n) is 4.99. The zero-order valence-electron chi connectivity index (χ0n) is 20.1. The first-order valence-corrected chi connectivity index (χ1v) is 10.8. The van der Waals surface area contributed by atoms with E-state index in [-0.39, 0.29) is 29.8 Å². The molecule has 36 heavy (non-hydrogen) atoms. The number of amides is 2. The van der Waals surface area contributed by atoms with E-state index in [2.05, 4.69) is 10.4 Å². The van der Waals surface area contributed by atoms with Crippen molar-refractivity contribution in [1.29, 1.82) is 16.2 Å². The lowest BCUT2D eigenvalue weighted by Crippen LogP contribution is -2.42. The lowest BCUT2D eigenvalue weighted by molar-refractivity contribution is -0.134. The third kappa shape index (κ3) is 7.58. The number of nitrogens with zero attached hydrogens (tertiary/aromatic N) is 3. The van der Waals surface area contributed by atoms with Crippen LogP contribution in [0.2, 0.25) is 0 Å². The Labute approximate surface area is 208 Å². The van der Waals surface area contributed by atoms with E-state index < -0.39 is 24.2 Å². The number of carbonyl (C=O) groups excluding carboxylic acids is 2. The average molecular weight is 499 g/mol. The maximum Gasteiger partial charge on any atom is 0.255 e. The number of rotatable bonds is 13. The molecule has 0 spiro atoms. The number of benzene rings is 1. The highest BCUT2D eigenvalue weighted by molar-refractivity contribution is 6.08. The van der Waals surface area contributed by atoms with Gasteiger partial charge in [-0.3, -0.25) is 25.3 Å². The normalized spacial score (nSPS) is 13.7. The summed E-state index contributed by atoms with van der Waals surface area (Å²) < 4.78 is 11.8. The third-order valence-corrected chi connectivity index (χ3v) is 4.99. The zero-order chi connectivity index (χ0) is 26.8. The summed E-state index contributed by atoms with van der Waals surface area (Å²) >= 11 is 0. The lowest BCUT2D eigenvalue weighted by atomic mass is 10.1. The Kier molecular flexibility index (Phi) is 10.0. The van der Waals surface area contributed by atoms with E-state index in [9.17, 15) is 14.7 Å². The molecule has 1 aromatic heterocycles. The minimum Gasteiger partial charge on any atom is -0.481 e. The number of nitrogen functional groups attached to an aromatic ring is 1. The molecule has 0 aliphatic heterocycles. The van der Waals surface area contributed by atoms with E-state index in [1.165, 1.54) is 35.9 Å². The Balaban J connectivity index is 1.97. The SMILES string of the molecule is COC(=N)/C=C(\C=N)n1ccc(N(C=O)CC(C)OC(C)C(O)C(=O)Nc2ccc(C(=N)N)cc2)n1. The summed E-state index contributed by atoms with van der Waals surface area (Å²) in [4.78, 5) is 25.4. The molecule has 192 valence electrons. The fraction of sp³-hybridized carbons (Fsp3) is 0.304. The molecule has 0 saturated carbocycles. The van der Waals surface area contributed by atoms with Crippen molar-refractivity contribution in [2.24, 2.45) is 5.73 Å². The highest BCUT2D eigenvalue weighted by Gasteiger charge is 2.26. The van der Waals surface area contributed by atoms with Crippen molar-refractivity contribution in [3.8, 4) is 0 Å². The number of methoxy groups -OCH3 is 1. The number of hydrogen-bond acceptors (Lipinski definition) is 9. The number of nitrogens with two attached hydrogens (primary N) is 1. The van der Waals surface area contributed by atoms with Crippen LogP contribution in [0.15, 0.2) is 42.6 Å². The minimum atomic E-state index is -1.49. The van der Waals surface area contributed by atoms with Crippen LogP contribution in [0.5, 0.6) is 0 Å². The lowest BCUT2D eigenvalue weighted by Gasteiger charge is -2.25. The fourth-order valence-corrected chi connectivity index (χ4v) is 3.09. The van der Waals surface area contributed by atoms with Gasteiger partial charge in [0, 0.05) is 35.8 Å². The Morgan fingerprint density at radius 2 is 1.94 bits per heavy atom. The fourth-order valence-electron chi connectivity index (χ4n) is 3.09. The summed E-state index contributed by atoms with van der Waals surface area (Å²) in [5.74, 6) is -0.663. The molecule has 0 bridgehead atoms. The molecule has 13 nitrogen and oxygen atoms in total. The summed E-state index contributed by atoms with van der Waals surface area (Å²) in [6.07, 6.45) is 1.43. The maximum atomic E-state index is 12.4. The first-order valence-electron chi connectivity index (χ1n) is 10.8. The molecule has 2 rings (SSSR count). The molecule has 0 aliphatic rings. The summed E-state index contributed by atoms with van der Waals surface area (Å²) in [6.45, 7) is 3.28. The smallest absolute Gasteiger partial charge is 0.255 e. The van der Waals surface area contributed by atoms with Crippen LogP contribution >= 0.6 is 0 Å². The summed E-state index contributed by atoms with van der Waals surface area (Å²) in [6, 6.07) is 7.83. The van der Waals surface area contributed by atoms with Gasteiger partial charge in [-0.05, 0) is 38.1 Å². The van der Waals surface area contributed by atoms with Crippen molar-refractivity contribution in [3.63, 3.8) is 0 Å². The largest absolute Gasteiger partial charge is 0.481 e. The monoisotopic (exact) mass is 498 g/mol. The molecule has 7 N–H and O–H groups in total. The number of allylic oxidation sites excluding steroid dienone is 1. The second kappa shape index (κ2) is 12.9. The molecular weight excluding hydrogens is 468 g/mol. The van der Waals surface area contributed by atoms with Gasteiger partial charge in [-0.25, -0.2) is 4.68 Å². The number of hydrogen-bond donors (Lipinski definition) is 6. The first-order chi connectivity index (χ1) is 17.1. The van der Waals surface area contributed by atoms with Crippen molar-refractivity contribution in [1.82, 2.24) is 9.78 Å². The van der Waals surface area contributed by atoms with E-state index in [1.54, 1.807) is 37.3 Å². The average Bonchev–Trinajstić information content (AvgIpc) is 3.35. The van der Waals surface area contributed by atoms with Gasteiger partial charge in [0.1, 0.15) is 5.84 Å². The number of amidine groups is 1. The van der Waals surface area contributed by atoms with E-state index in [4.69, 9.17) is 31.4 Å². The van der Waals surface area contributed by atoms with Gasteiger partial charge in [-0.1, -0.05) is 0 Å². The van der Waals surface area contributed by atoms with Gasteiger partial charge in [0.05, 0.1) is 31.6 Å². The van der Waals surface area contributed by atoms with Crippen LogP contribution in [0.25, 0.3) is 5.70 Å². The number of carbonyl (C=O) groups is 2. The number of aromatic nitrogens is 2. The summed E-state index contributed by atoms with van der Waals surface area (Å²) in [5, 5.41) is 39.7. The molecule has 0 aliphatic carbocycles. The Morgan fingerprint density at radius 1 is 1.28 bits per heavy atom. The maximum absolute atomic E-state index is 12.4. The van der Waals surface area contributed by atoms with Crippen molar-refractivity contribution < 1.29 is 24.2 Å². The topological polar surface area (TPSA) is 203 Å². The van der Waals surface area contributed by atoms with Gasteiger partial charge in [0.15, 0.2) is 11.9 Å². The highest BCUT2D eigenvalue weighted by atomic mass is 16.5. The van der Waals surface area contributed by atoms with Gasteiger partial charge >= 0.3 is 0 Å². The standard InChI is InChI=1S/C23H30N8O5/c1-14(12-30(13-32)20-8-9-31(29-20)18(11-24)10-19(25)35-3)36-15(2)21(33)23(34)28-17-6-4-16(5-7-17)22(26)27/h4-11,13-15,21,24-25,33H,12H2,1-3H3,(H3,26,27)(H,28,34)/b18-10+,24-11?,25-19?. The molecule has 0 radical (unpaired) electrons. The molecular formula is C23H30N8O5. The van der Waals surface area contributed by atoms with E-state index >= 15 is 0 Å². The van der Waals surface area contributed by atoms with Crippen molar-refractivity contribution in [3.05, 3.63) is 48.2 Å². The molecule has 13 heteroatoms. The van der Waals surface area contributed by atoms with Crippen LogP contribution in [0, 0.1) is 16.2 Å². The molecule has 2 aromatic rings. The molecule has 0 fully saturated rings. The molecule has 3 atom stereocenters. The van der Waals surface area contributed by atoms with Crippen LogP contribution in [-0.4, -0.2) is 77.1 Å². The van der Waals surface area contributed by atoms with Crippen molar-refractivity contribution in [2.45, 2.75) is 32.2 Å². The number of anilines is 2. The molecule has 2 amide bonds. The van der Waals surface area contributed by atoms with Crippen LogP contribution in [-0.2, 0) is 19.1 Å².